The molecule has 9 atom stereocenters. The van der Waals surface area contributed by atoms with Gasteiger partial charge < -0.3 is 4.74 Å². The van der Waals surface area contributed by atoms with Gasteiger partial charge in [-0.15, -0.1) is 0 Å². The highest BCUT2D eigenvalue weighted by Gasteiger charge is 2.82. The average Bonchev–Trinajstić information content (AvgIpc) is 2.62. The zero-order chi connectivity index (χ0) is 9.89. The lowest BCUT2D eigenvalue weighted by molar-refractivity contribution is -0.152. The minimum Gasteiger partial charge on any atom is -0.462 e. The molecule has 0 radical (unpaired) electrons. The van der Waals surface area contributed by atoms with Gasteiger partial charge in [0.15, 0.2) is 0 Å². The molecule has 1 saturated heterocycles. The van der Waals surface area contributed by atoms with Crippen LogP contribution in [0, 0.1) is 35.5 Å². The van der Waals surface area contributed by atoms with Crippen LogP contribution in [0.5, 0.6) is 0 Å². The minimum absolute atomic E-state index is 0.0578. The first-order valence-electron chi connectivity index (χ1n) is 6.10. The van der Waals surface area contributed by atoms with Crippen molar-refractivity contribution >= 4 is 17.7 Å². The highest BCUT2D eigenvalue weighted by atomic mass is 32.2. The van der Waals surface area contributed by atoms with Crippen LogP contribution in [0.4, 0.5) is 0 Å². The van der Waals surface area contributed by atoms with Crippen molar-refractivity contribution in [3.63, 3.8) is 0 Å². The molecule has 0 spiro atoms. The van der Waals surface area contributed by atoms with Gasteiger partial charge in [0.2, 0.25) is 0 Å². The Balaban J connectivity index is 1.61. The molecule has 5 aliphatic rings. The molecule has 15 heavy (non-hydrogen) atoms. The predicted octanol–water partition coefficient (Wildman–Crippen LogP) is 1.54. The Hall–Kier alpha value is -0.180. The second-order valence-corrected chi connectivity index (χ2v) is 7.37. The first-order chi connectivity index (χ1) is 7.27. The van der Waals surface area contributed by atoms with Gasteiger partial charge in [0, 0.05) is 29.3 Å². The quantitative estimate of drug-likeness (QED) is 0.630. The summed E-state index contributed by atoms with van der Waals surface area (Å²) in [6.45, 7) is 1.57. The van der Waals surface area contributed by atoms with E-state index in [0.717, 1.165) is 46.0 Å². The van der Waals surface area contributed by atoms with Gasteiger partial charge in [-0.2, -0.15) is 11.8 Å². The van der Waals surface area contributed by atoms with E-state index in [9.17, 15) is 4.79 Å². The summed E-state index contributed by atoms with van der Waals surface area (Å²) >= 11 is 2.25. The Labute approximate surface area is 93.1 Å². The number of rotatable bonds is 1. The Kier molecular flexibility index (Phi) is 1.12. The first-order valence-corrected chi connectivity index (χ1v) is 7.04. The summed E-state index contributed by atoms with van der Waals surface area (Å²) in [5, 5.41) is 1.74. The SMILES string of the molecule is CC(=O)O[C@H]1[C@H]2[C@@H]3C[C@@H]4[C@@H]2S[C@@H]2[C@@H]4[C@@H]3[C@@H]12. The normalized spacial score (nSPS) is 70.1. The molecule has 4 saturated carbocycles. The number of carbonyl (C=O) groups excluding carboxylic acids is 1. The second kappa shape index (κ2) is 2.11. The fraction of sp³-hybridized carbons (Fsp3) is 0.917. The second-order valence-electron chi connectivity index (χ2n) is 6.01. The largest absolute Gasteiger partial charge is 0.462 e. The van der Waals surface area contributed by atoms with Crippen molar-refractivity contribution in [1.82, 2.24) is 0 Å². The van der Waals surface area contributed by atoms with Crippen molar-refractivity contribution in [1.29, 1.82) is 0 Å². The van der Waals surface area contributed by atoms with Gasteiger partial charge in [0.1, 0.15) is 6.10 Å². The zero-order valence-electron chi connectivity index (χ0n) is 8.63. The molecule has 2 bridgehead atoms. The smallest absolute Gasteiger partial charge is 0.302 e. The molecule has 4 aliphatic carbocycles. The molecule has 1 heterocycles. The Morgan fingerprint density at radius 1 is 1.13 bits per heavy atom. The lowest BCUT2D eigenvalue weighted by atomic mass is 9.63. The van der Waals surface area contributed by atoms with E-state index in [2.05, 4.69) is 11.8 Å². The summed E-state index contributed by atoms with van der Waals surface area (Å²) in [6, 6.07) is 0. The van der Waals surface area contributed by atoms with Gasteiger partial charge in [0.25, 0.3) is 0 Å². The number of hydrogen-bond donors (Lipinski definition) is 0. The van der Waals surface area contributed by atoms with E-state index in [0.29, 0.717) is 6.10 Å². The Morgan fingerprint density at radius 2 is 2.00 bits per heavy atom. The average molecular weight is 222 g/mol. The minimum atomic E-state index is -0.0578. The van der Waals surface area contributed by atoms with Crippen molar-refractivity contribution in [2.24, 2.45) is 35.5 Å². The van der Waals surface area contributed by atoms with Crippen molar-refractivity contribution in [2.45, 2.75) is 29.9 Å². The van der Waals surface area contributed by atoms with Crippen LogP contribution in [0.3, 0.4) is 0 Å². The van der Waals surface area contributed by atoms with Crippen LogP contribution >= 0.6 is 11.8 Å². The molecule has 2 nitrogen and oxygen atoms in total. The molecule has 0 amide bonds. The fourth-order valence-corrected chi connectivity index (χ4v) is 8.30. The van der Waals surface area contributed by atoms with Gasteiger partial charge in [0.05, 0.1) is 0 Å². The van der Waals surface area contributed by atoms with Crippen LogP contribution in [0.15, 0.2) is 0 Å². The molecule has 3 heteroatoms. The summed E-state index contributed by atoms with van der Waals surface area (Å²) in [7, 11) is 0. The maximum Gasteiger partial charge on any atom is 0.302 e. The van der Waals surface area contributed by atoms with Crippen LogP contribution in [-0.2, 0) is 9.53 Å². The molecule has 5 fully saturated rings. The topological polar surface area (TPSA) is 26.3 Å². The van der Waals surface area contributed by atoms with Crippen LogP contribution in [-0.4, -0.2) is 22.6 Å². The van der Waals surface area contributed by atoms with E-state index in [4.69, 9.17) is 4.74 Å². The first kappa shape index (κ1) is 7.99. The molecule has 0 N–H and O–H groups in total. The molecule has 0 aromatic heterocycles. The third kappa shape index (κ3) is 0.620. The van der Waals surface area contributed by atoms with Gasteiger partial charge in [-0.1, -0.05) is 0 Å². The maximum absolute atomic E-state index is 11.2. The summed E-state index contributed by atoms with van der Waals surface area (Å²) in [5.41, 5.74) is 0. The van der Waals surface area contributed by atoms with E-state index in [1.165, 1.54) is 6.42 Å². The highest BCUT2D eigenvalue weighted by molar-refractivity contribution is 8.01. The number of hydrogen-bond acceptors (Lipinski definition) is 3. The van der Waals surface area contributed by atoms with Crippen LogP contribution in [0.25, 0.3) is 0 Å². The fourth-order valence-electron chi connectivity index (χ4n) is 5.83. The predicted molar refractivity (Wildman–Crippen MR) is 56.3 cm³/mol. The van der Waals surface area contributed by atoms with Crippen LogP contribution < -0.4 is 0 Å². The van der Waals surface area contributed by atoms with Crippen LogP contribution in [0.2, 0.25) is 0 Å². The molecule has 80 valence electrons. The van der Waals surface area contributed by atoms with Gasteiger partial charge in [-0.25, -0.2) is 0 Å². The molecule has 5 rings (SSSR count). The molecule has 1 aliphatic heterocycles. The van der Waals surface area contributed by atoms with Crippen molar-refractivity contribution in [2.75, 3.05) is 0 Å². The van der Waals surface area contributed by atoms with E-state index in [1.54, 1.807) is 6.92 Å². The molecule has 0 aromatic rings. The zero-order valence-corrected chi connectivity index (χ0v) is 9.44. The van der Waals surface area contributed by atoms with E-state index in [-0.39, 0.29) is 5.97 Å². The molecular formula is C12H14O2S. The van der Waals surface area contributed by atoms with Crippen molar-refractivity contribution < 1.29 is 9.53 Å². The highest BCUT2D eigenvalue weighted by Crippen LogP contribution is 2.82. The van der Waals surface area contributed by atoms with E-state index >= 15 is 0 Å². The summed E-state index contributed by atoms with van der Waals surface area (Å²) in [5.74, 6) is 5.38. The number of ether oxygens (including phenoxy) is 1. The Bertz CT molecular complexity index is 376. The maximum atomic E-state index is 11.2. The van der Waals surface area contributed by atoms with Crippen molar-refractivity contribution in [3.8, 4) is 0 Å². The number of esters is 1. The number of thioether (sulfide) groups is 1. The number of carbonyl (C=O) groups is 1. The third-order valence-corrected chi connectivity index (χ3v) is 7.77. The standard InChI is InChI=1S/C12H14O2S/c1-3(13)14-10-8-4-2-5-7-6(4)9(10)12(7)15-11(5)8/h4-12H,2H2,1H3/t4-,5+,6-,7+,8-,9+,10+,11+,12-/m1/s1. The van der Waals surface area contributed by atoms with E-state index in [1.807, 2.05) is 0 Å². The Morgan fingerprint density at radius 3 is 2.80 bits per heavy atom. The molecule has 0 aromatic carbocycles. The van der Waals surface area contributed by atoms with Gasteiger partial charge in [-0.05, 0) is 30.1 Å². The molecule has 0 unspecified atom stereocenters. The van der Waals surface area contributed by atoms with E-state index < -0.39 is 0 Å². The number of fused-ring (bicyclic) bond motifs is 2. The van der Waals surface area contributed by atoms with Gasteiger partial charge >= 0.3 is 5.97 Å². The summed E-state index contributed by atoms with van der Waals surface area (Å²) in [6.07, 6.45) is 1.78. The van der Waals surface area contributed by atoms with Gasteiger partial charge in [-0.3, -0.25) is 4.79 Å². The van der Waals surface area contributed by atoms with Crippen molar-refractivity contribution in [3.05, 3.63) is 0 Å². The summed E-state index contributed by atoms with van der Waals surface area (Å²) in [4.78, 5) is 11.2. The molecular weight excluding hydrogens is 208 g/mol. The third-order valence-electron chi connectivity index (χ3n) is 5.85. The summed E-state index contributed by atoms with van der Waals surface area (Å²) < 4.78 is 5.62. The monoisotopic (exact) mass is 222 g/mol. The van der Waals surface area contributed by atoms with Crippen LogP contribution in [0.1, 0.15) is 13.3 Å². The lowest BCUT2D eigenvalue weighted by Crippen LogP contribution is -2.49. The lowest BCUT2D eigenvalue weighted by Gasteiger charge is -2.46.